The van der Waals surface area contributed by atoms with Gasteiger partial charge in [0, 0.05) is 22.7 Å². The summed E-state index contributed by atoms with van der Waals surface area (Å²) >= 11 is 0. The predicted molar refractivity (Wildman–Crippen MR) is 112 cm³/mol. The standard InChI is InChI=1S/C24H23N3O/c28-22-14-5-4-13-21(22)27-16-26-23(17-8-2-1-3-9-17)24(27)19-10-6-12-20-18(19)11-7-15-25-20/h1-3,6-12,15-16,21-22,28H,4-5,13-14H2/t21-,22-/m1/s1. The van der Waals surface area contributed by atoms with Crippen molar-refractivity contribution in [1.29, 1.82) is 0 Å². The summed E-state index contributed by atoms with van der Waals surface area (Å²) in [5.74, 6) is 0. The zero-order chi connectivity index (χ0) is 18.9. The van der Waals surface area contributed by atoms with E-state index in [0.29, 0.717) is 0 Å². The van der Waals surface area contributed by atoms with Crippen LogP contribution >= 0.6 is 0 Å². The fourth-order valence-electron chi connectivity index (χ4n) is 4.41. The van der Waals surface area contributed by atoms with Gasteiger partial charge in [0.2, 0.25) is 0 Å². The van der Waals surface area contributed by atoms with Crippen molar-refractivity contribution in [3.05, 3.63) is 73.2 Å². The van der Waals surface area contributed by atoms with Gasteiger partial charge in [0.1, 0.15) is 0 Å². The van der Waals surface area contributed by atoms with Gasteiger partial charge in [0.15, 0.2) is 0 Å². The van der Waals surface area contributed by atoms with Crippen LogP contribution in [0.2, 0.25) is 0 Å². The molecule has 1 saturated carbocycles. The molecule has 4 aromatic rings. The second-order valence-electron chi connectivity index (χ2n) is 7.51. The van der Waals surface area contributed by atoms with Gasteiger partial charge in [-0.1, -0.05) is 61.4 Å². The van der Waals surface area contributed by atoms with E-state index in [1.807, 2.05) is 48.9 Å². The van der Waals surface area contributed by atoms with Crippen LogP contribution in [0.25, 0.3) is 33.4 Å². The summed E-state index contributed by atoms with van der Waals surface area (Å²) in [6.07, 6.45) is 7.45. The van der Waals surface area contributed by atoms with E-state index >= 15 is 0 Å². The molecule has 1 aliphatic carbocycles. The lowest BCUT2D eigenvalue weighted by atomic mass is 9.91. The third-order valence-corrected chi connectivity index (χ3v) is 5.79. The zero-order valence-corrected chi connectivity index (χ0v) is 15.7. The highest BCUT2D eigenvalue weighted by Gasteiger charge is 2.28. The van der Waals surface area contributed by atoms with Crippen LogP contribution in [0.4, 0.5) is 0 Å². The molecule has 0 amide bonds. The summed E-state index contributed by atoms with van der Waals surface area (Å²) in [7, 11) is 0. The Kier molecular flexibility index (Phi) is 4.41. The van der Waals surface area contributed by atoms with Crippen molar-refractivity contribution in [2.75, 3.05) is 0 Å². The predicted octanol–water partition coefficient (Wildman–Crippen LogP) is 5.24. The number of hydrogen-bond donors (Lipinski definition) is 1. The fourth-order valence-corrected chi connectivity index (χ4v) is 4.41. The third-order valence-electron chi connectivity index (χ3n) is 5.79. The first-order chi connectivity index (χ1) is 13.8. The lowest BCUT2D eigenvalue weighted by molar-refractivity contribution is 0.0762. The van der Waals surface area contributed by atoms with Crippen molar-refractivity contribution in [2.24, 2.45) is 0 Å². The molecule has 140 valence electrons. The molecule has 0 unspecified atom stereocenters. The second-order valence-corrected chi connectivity index (χ2v) is 7.51. The number of aliphatic hydroxyl groups excluding tert-OH is 1. The Balaban J connectivity index is 1.77. The van der Waals surface area contributed by atoms with Crippen molar-refractivity contribution in [1.82, 2.24) is 14.5 Å². The molecular formula is C24H23N3O. The lowest BCUT2D eigenvalue weighted by Gasteiger charge is -2.30. The molecule has 1 aliphatic rings. The molecule has 5 rings (SSSR count). The largest absolute Gasteiger partial charge is 0.391 e. The Morgan fingerprint density at radius 3 is 2.57 bits per heavy atom. The topological polar surface area (TPSA) is 50.9 Å². The molecule has 1 fully saturated rings. The molecule has 4 heteroatoms. The normalized spacial score (nSPS) is 19.8. The number of benzene rings is 2. The first-order valence-electron chi connectivity index (χ1n) is 9.97. The summed E-state index contributed by atoms with van der Waals surface area (Å²) in [5, 5.41) is 11.8. The number of rotatable bonds is 3. The molecule has 0 bridgehead atoms. The lowest BCUT2D eigenvalue weighted by Crippen LogP contribution is -2.27. The number of pyridine rings is 1. The Hall–Kier alpha value is -2.98. The highest BCUT2D eigenvalue weighted by Crippen LogP contribution is 2.39. The van der Waals surface area contributed by atoms with Crippen LogP contribution in [0.15, 0.2) is 73.2 Å². The van der Waals surface area contributed by atoms with E-state index in [4.69, 9.17) is 4.98 Å². The molecule has 0 spiro atoms. The van der Waals surface area contributed by atoms with Crippen molar-refractivity contribution in [3.63, 3.8) is 0 Å². The average molecular weight is 369 g/mol. The fraction of sp³-hybridized carbons (Fsp3) is 0.250. The van der Waals surface area contributed by atoms with Gasteiger partial charge in [-0.3, -0.25) is 4.98 Å². The smallest absolute Gasteiger partial charge is 0.0963 e. The number of aromatic nitrogens is 3. The molecule has 0 aliphatic heterocycles. The van der Waals surface area contributed by atoms with Crippen LogP contribution in [0, 0.1) is 0 Å². The monoisotopic (exact) mass is 369 g/mol. The summed E-state index contributed by atoms with van der Waals surface area (Å²) in [4.78, 5) is 9.34. The van der Waals surface area contributed by atoms with E-state index in [2.05, 4.69) is 33.8 Å². The van der Waals surface area contributed by atoms with Crippen molar-refractivity contribution >= 4 is 10.9 Å². The average Bonchev–Trinajstić information content (AvgIpc) is 3.19. The van der Waals surface area contributed by atoms with Crippen molar-refractivity contribution in [3.8, 4) is 22.5 Å². The van der Waals surface area contributed by atoms with Crippen LogP contribution in [-0.2, 0) is 0 Å². The minimum absolute atomic E-state index is 0.0561. The van der Waals surface area contributed by atoms with Gasteiger partial charge in [-0.25, -0.2) is 4.98 Å². The molecular weight excluding hydrogens is 346 g/mol. The Labute approximate surface area is 164 Å². The van der Waals surface area contributed by atoms with Crippen molar-refractivity contribution in [2.45, 2.75) is 37.8 Å². The van der Waals surface area contributed by atoms with E-state index in [1.54, 1.807) is 0 Å². The van der Waals surface area contributed by atoms with Gasteiger partial charge in [-0.05, 0) is 25.0 Å². The van der Waals surface area contributed by atoms with E-state index in [0.717, 1.165) is 59.1 Å². The van der Waals surface area contributed by atoms with Crippen LogP contribution in [0.3, 0.4) is 0 Å². The quantitative estimate of drug-likeness (QED) is 0.537. The Morgan fingerprint density at radius 1 is 0.857 bits per heavy atom. The maximum atomic E-state index is 10.7. The second kappa shape index (κ2) is 7.21. The molecule has 28 heavy (non-hydrogen) atoms. The third kappa shape index (κ3) is 2.90. The highest BCUT2D eigenvalue weighted by atomic mass is 16.3. The number of nitrogens with zero attached hydrogens (tertiary/aromatic N) is 3. The minimum atomic E-state index is -0.335. The van der Waals surface area contributed by atoms with Gasteiger partial charge in [-0.2, -0.15) is 0 Å². The minimum Gasteiger partial charge on any atom is -0.391 e. The summed E-state index contributed by atoms with van der Waals surface area (Å²) in [6, 6.07) is 20.7. The van der Waals surface area contributed by atoms with E-state index < -0.39 is 0 Å². The number of fused-ring (bicyclic) bond motifs is 1. The Morgan fingerprint density at radius 2 is 1.71 bits per heavy atom. The summed E-state index contributed by atoms with van der Waals surface area (Å²) in [5.41, 5.74) is 5.18. The van der Waals surface area contributed by atoms with E-state index in [1.165, 1.54) is 0 Å². The van der Waals surface area contributed by atoms with Crippen LogP contribution < -0.4 is 0 Å². The molecule has 2 atom stereocenters. The molecule has 0 saturated heterocycles. The first-order valence-corrected chi connectivity index (χ1v) is 9.97. The molecule has 2 aromatic heterocycles. The number of hydrogen-bond acceptors (Lipinski definition) is 3. The van der Waals surface area contributed by atoms with Gasteiger partial charge >= 0.3 is 0 Å². The van der Waals surface area contributed by atoms with E-state index in [9.17, 15) is 5.11 Å². The summed E-state index contributed by atoms with van der Waals surface area (Å²) < 4.78 is 2.20. The molecule has 2 aromatic carbocycles. The van der Waals surface area contributed by atoms with Crippen LogP contribution in [-0.4, -0.2) is 25.7 Å². The van der Waals surface area contributed by atoms with Gasteiger partial charge in [0.25, 0.3) is 0 Å². The first kappa shape index (κ1) is 17.1. The molecule has 0 radical (unpaired) electrons. The van der Waals surface area contributed by atoms with Gasteiger partial charge in [-0.15, -0.1) is 0 Å². The molecule has 4 nitrogen and oxygen atoms in total. The molecule has 1 N–H and O–H groups in total. The Bertz CT molecular complexity index is 1100. The summed E-state index contributed by atoms with van der Waals surface area (Å²) in [6.45, 7) is 0. The number of imidazole rings is 1. The maximum absolute atomic E-state index is 10.7. The van der Waals surface area contributed by atoms with Gasteiger partial charge < -0.3 is 9.67 Å². The van der Waals surface area contributed by atoms with Crippen molar-refractivity contribution < 1.29 is 5.11 Å². The van der Waals surface area contributed by atoms with Crippen LogP contribution in [0.1, 0.15) is 31.7 Å². The molecule has 2 heterocycles. The van der Waals surface area contributed by atoms with Gasteiger partial charge in [0.05, 0.1) is 35.4 Å². The maximum Gasteiger partial charge on any atom is 0.0963 e. The van der Waals surface area contributed by atoms with Crippen LogP contribution in [0.5, 0.6) is 0 Å². The highest BCUT2D eigenvalue weighted by molar-refractivity contribution is 5.97. The van der Waals surface area contributed by atoms with E-state index in [-0.39, 0.29) is 12.1 Å². The zero-order valence-electron chi connectivity index (χ0n) is 15.7. The SMILES string of the molecule is O[C@@H]1CCCC[C@H]1n1cnc(-c2ccccc2)c1-c1cccc2ncccc12. The number of aliphatic hydroxyl groups is 1.